The maximum Gasteiger partial charge on any atom is 0.328 e. The average Bonchev–Trinajstić information content (AvgIpc) is 3.29. The summed E-state index contributed by atoms with van der Waals surface area (Å²) in [4.78, 5) is 46.0. The lowest BCUT2D eigenvalue weighted by Crippen LogP contribution is -2.67. The second kappa shape index (κ2) is 9.67. The summed E-state index contributed by atoms with van der Waals surface area (Å²) in [5, 5.41) is 3.50. The Balaban J connectivity index is 1.31. The zero-order chi connectivity index (χ0) is 24.5. The van der Waals surface area contributed by atoms with Crippen LogP contribution >= 0.6 is 0 Å². The van der Waals surface area contributed by atoms with Gasteiger partial charge in [0.2, 0.25) is 0 Å². The van der Waals surface area contributed by atoms with Crippen LogP contribution in [-0.2, 0) is 27.4 Å². The molecule has 0 saturated carbocycles. The summed E-state index contributed by atoms with van der Waals surface area (Å²) < 4.78 is 5.33. The van der Waals surface area contributed by atoms with Crippen molar-refractivity contribution in [3.05, 3.63) is 65.7 Å². The predicted octanol–water partition coefficient (Wildman–Crippen LogP) is 1.98. The lowest BCUT2D eigenvalue weighted by Gasteiger charge is -2.43. The van der Waals surface area contributed by atoms with Gasteiger partial charge in [-0.25, -0.2) is 4.79 Å². The highest BCUT2D eigenvalue weighted by molar-refractivity contribution is 6.02. The summed E-state index contributed by atoms with van der Waals surface area (Å²) in [5.74, 6) is -0.978. The number of imide groups is 1. The number of esters is 1. The fraction of sp³-hybridized carbons (Fsp3) is 0.423. The van der Waals surface area contributed by atoms with E-state index < -0.39 is 30.8 Å². The van der Waals surface area contributed by atoms with Gasteiger partial charge in [-0.2, -0.15) is 0 Å². The maximum atomic E-state index is 13.5. The van der Waals surface area contributed by atoms with Crippen molar-refractivity contribution in [2.75, 3.05) is 31.6 Å². The number of amides is 3. The largest absolute Gasteiger partial charge is 0.459 e. The van der Waals surface area contributed by atoms with E-state index in [4.69, 9.17) is 4.74 Å². The number of carbonyl (C=O) groups excluding carboxylic acids is 3. The summed E-state index contributed by atoms with van der Waals surface area (Å²) in [5.41, 5.74) is 3.19. The molecule has 184 valence electrons. The first-order valence-corrected chi connectivity index (χ1v) is 12.1. The predicted molar refractivity (Wildman–Crippen MR) is 130 cm³/mol. The SMILES string of the molecule is CCc1ccc(N2CCCN3C4C(=O)N(CC(=O)OCc5ccccc5)C(=O)N(C)C4NC23)cc1. The number of urea groups is 1. The van der Waals surface area contributed by atoms with Crippen LogP contribution in [-0.4, -0.2) is 77.8 Å². The van der Waals surface area contributed by atoms with Crippen LogP contribution in [0.25, 0.3) is 0 Å². The number of rotatable bonds is 6. The van der Waals surface area contributed by atoms with Crippen LogP contribution in [0.1, 0.15) is 24.5 Å². The molecule has 3 unspecified atom stereocenters. The van der Waals surface area contributed by atoms with E-state index in [0.717, 1.165) is 42.1 Å². The Kier molecular flexibility index (Phi) is 6.44. The van der Waals surface area contributed by atoms with Crippen molar-refractivity contribution in [1.82, 2.24) is 20.0 Å². The van der Waals surface area contributed by atoms with E-state index in [1.165, 1.54) is 10.5 Å². The first-order valence-electron chi connectivity index (χ1n) is 12.1. The van der Waals surface area contributed by atoms with Crippen LogP contribution in [0.15, 0.2) is 54.6 Å². The maximum absolute atomic E-state index is 13.5. The molecule has 9 nitrogen and oxygen atoms in total. The third-order valence-corrected chi connectivity index (χ3v) is 7.08. The molecule has 2 aromatic carbocycles. The molecule has 9 heteroatoms. The second-order valence-electron chi connectivity index (χ2n) is 9.20. The molecular formula is C26H31N5O4. The standard InChI is InChI=1S/C26H31N5O4/c1-3-18-10-12-20(13-11-18)29-14-7-15-30-22-23(27-25(29)30)28(2)26(34)31(24(22)33)16-21(32)35-17-19-8-5-4-6-9-19/h4-6,8-13,22-23,25,27H,3,7,14-17H2,1-2H3. The zero-order valence-corrected chi connectivity index (χ0v) is 20.1. The van der Waals surface area contributed by atoms with Gasteiger partial charge in [0.25, 0.3) is 5.91 Å². The fourth-order valence-corrected chi connectivity index (χ4v) is 5.17. The zero-order valence-electron chi connectivity index (χ0n) is 20.1. The minimum absolute atomic E-state index is 0.0966. The molecule has 3 saturated heterocycles. The molecule has 0 radical (unpaired) electrons. The number of nitrogens with one attached hydrogen (secondary N) is 1. The van der Waals surface area contributed by atoms with Crippen LogP contribution in [0, 0.1) is 0 Å². The van der Waals surface area contributed by atoms with Crippen molar-refractivity contribution in [3.63, 3.8) is 0 Å². The Morgan fingerprint density at radius 2 is 1.77 bits per heavy atom. The number of ether oxygens (including phenoxy) is 1. The molecule has 0 aromatic heterocycles. The van der Waals surface area contributed by atoms with Crippen molar-refractivity contribution < 1.29 is 19.1 Å². The van der Waals surface area contributed by atoms with Gasteiger partial charge in [0.05, 0.1) is 0 Å². The minimum Gasteiger partial charge on any atom is -0.459 e. The molecule has 3 amide bonds. The fourth-order valence-electron chi connectivity index (χ4n) is 5.17. The van der Waals surface area contributed by atoms with Gasteiger partial charge in [-0.1, -0.05) is 49.4 Å². The molecule has 0 bridgehead atoms. The average molecular weight is 478 g/mol. The Morgan fingerprint density at radius 3 is 2.49 bits per heavy atom. The van der Waals surface area contributed by atoms with Crippen molar-refractivity contribution in [2.45, 2.75) is 44.9 Å². The summed E-state index contributed by atoms with van der Waals surface area (Å²) in [6.45, 7) is 3.39. The molecule has 3 aliphatic heterocycles. The monoisotopic (exact) mass is 477 g/mol. The molecule has 3 atom stereocenters. The highest BCUT2D eigenvalue weighted by Crippen LogP contribution is 2.33. The van der Waals surface area contributed by atoms with E-state index in [-0.39, 0.29) is 18.8 Å². The van der Waals surface area contributed by atoms with Gasteiger partial charge < -0.3 is 14.5 Å². The smallest absolute Gasteiger partial charge is 0.328 e. The van der Waals surface area contributed by atoms with Crippen LogP contribution in [0.2, 0.25) is 0 Å². The van der Waals surface area contributed by atoms with E-state index in [2.05, 4.69) is 46.3 Å². The van der Waals surface area contributed by atoms with Crippen molar-refractivity contribution in [1.29, 1.82) is 0 Å². The quantitative estimate of drug-likeness (QED) is 0.637. The molecule has 0 aliphatic carbocycles. The van der Waals surface area contributed by atoms with Crippen LogP contribution in [0.4, 0.5) is 10.5 Å². The molecular weight excluding hydrogens is 446 g/mol. The van der Waals surface area contributed by atoms with Crippen molar-refractivity contribution in [3.8, 4) is 0 Å². The molecule has 3 aliphatic rings. The number of aryl methyl sites for hydroxylation is 1. The molecule has 3 fully saturated rings. The number of nitrogens with zero attached hydrogens (tertiary/aromatic N) is 4. The second-order valence-corrected chi connectivity index (χ2v) is 9.20. The third kappa shape index (κ3) is 4.37. The molecule has 35 heavy (non-hydrogen) atoms. The number of likely N-dealkylation sites (N-methyl/N-ethyl adjacent to an activating group) is 1. The van der Waals surface area contributed by atoms with Crippen LogP contribution < -0.4 is 10.2 Å². The number of carbonyl (C=O) groups is 3. The Hall–Kier alpha value is -3.43. The normalized spacial score (nSPS) is 24.4. The Morgan fingerprint density at radius 1 is 1.03 bits per heavy atom. The topological polar surface area (TPSA) is 85.4 Å². The number of hydrogen-bond donors (Lipinski definition) is 1. The summed E-state index contributed by atoms with van der Waals surface area (Å²) in [6, 6.07) is 16.7. The van der Waals surface area contributed by atoms with Gasteiger partial charge in [-0.15, -0.1) is 0 Å². The number of hydrogen-bond acceptors (Lipinski definition) is 7. The van der Waals surface area contributed by atoms with E-state index in [1.807, 2.05) is 30.3 Å². The minimum atomic E-state index is -0.610. The van der Waals surface area contributed by atoms with E-state index in [0.29, 0.717) is 0 Å². The first kappa shape index (κ1) is 23.3. The summed E-state index contributed by atoms with van der Waals surface area (Å²) in [6.07, 6.45) is 1.19. The van der Waals surface area contributed by atoms with E-state index in [1.54, 1.807) is 7.05 Å². The Bertz CT molecular complexity index is 1090. The van der Waals surface area contributed by atoms with E-state index in [9.17, 15) is 14.4 Å². The lowest BCUT2D eigenvalue weighted by atomic mass is 10.1. The third-order valence-electron chi connectivity index (χ3n) is 7.08. The van der Waals surface area contributed by atoms with Crippen LogP contribution in [0.5, 0.6) is 0 Å². The molecule has 2 aromatic rings. The highest BCUT2D eigenvalue weighted by atomic mass is 16.5. The molecule has 5 rings (SSSR count). The first-order chi connectivity index (χ1) is 17.0. The summed E-state index contributed by atoms with van der Waals surface area (Å²) in [7, 11) is 1.67. The number of fused-ring (bicyclic) bond motifs is 3. The number of benzene rings is 2. The summed E-state index contributed by atoms with van der Waals surface area (Å²) >= 11 is 0. The Labute approximate surface area is 205 Å². The number of anilines is 1. The van der Waals surface area contributed by atoms with Crippen LogP contribution in [0.3, 0.4) is 0 Å². The van der Waals surface area contributed by atoms with Gasteiger partial charge in [-0.3, -0.25) is 24.7 Å². The van der Waals surface area contributed by atoms with E-state index >= 15 is 0 Å². The van der Waals surface area contributed by atoms with Crippen molar-refractivity contribution >= 4 is 23.6 Å². The molecule has 3 heterocycles. The molecule has 0 spiro atoms. The van der Waals surface area contributed by atoms with Gasteiger partial charge in [0.15, 0.2) is 0 Å². The lowest BCUT2D eigenvalue weighted by molar-refractivity contribution is -0.152. The van der Waals surface area contributed by atoms with Crippen molar-refractivity contribution in [2.24, 2.45) is 0 Å². The van der Waals surface area contributed by atoms with Gasteiger partial charge in [-0.05, 0) is 36.1 Å². The van der Waals surface area contributed by atoms with Gasteiger partial charge >= 0.3 is 12.0 Å². The molecule has 1 N–H and O–H groups in total. The highest BCUT2D eigenvalue weighted by Gasteiger charge is 2.56. The van der Waals surface area contributed by atoms with Gasteiger partial charge in [0, 0.05) is 25.8 Å². The van der Waals surface area contributed by atoms with Gasteiger partial charge in [0.1, 0.15) is 31.6 Å².